The lowest BCUT2D eigenvalue weighted by atomic mass is 9.95. The average Bonchev–Trinajstić information content (AvgIpc) is 3.53. The summed E-state index contributed by atoms with van der Waals surface area (Å²) in [6.07, 6.45) is 0. The Labute approximate surface area is 292 Å². The molecule has 1 aromatic heterocycles. The molecule has 0 atom stereocenters. The van der Waals surface area contributed by atoms with E-state index in [1.807, 2.05) is 0 Å². The van der Waals surface area contributed by atoms with Gasteiger partial charge in [-0.2, -0.15) is 0 Å². The molecule has 0 aliphatic carbocycles. The van der Waals surface area contributed by atoms with Crippen molar-refractivity contribution in [3.63, 3.8) is 0 Å². The van der Waals surface area contributed by atoms with Crippen LogP contribution in [0.25, 0.3) is 72.0 Å². The first kappa shape index (κ1) is 29.5. The van der Waals surface area contributed by atoms with E-state index in [4.69, 9.17) is 0 Å². The Morgan fingerprint density at radius 2 is 0.840 bits per heavy atom. The van der Waals surface area contributed by atoms with E-state index < -0.39 is 0 Å². The normalized spacial score (nSPS) is 11.2. The molecule has 50 heavy (non-hydrogen) atoms. The molecule has 2 nitrogen and oxygen atoms in total. The summed E-state index contributed by atoms with van der Waals surface area (Å²) in [5, 5.41) is 6.36. The van der Waals surface area contributed by atoms with Gasteiger partial charge in [0.25, 0.3) is 0 Å². The van der Waals surface area contributed by atoms with Crippen LogP contribution in [0.1, 0.15) is 0 Å². The zero-order chi connectivity index (χ0) is 33.3. The van der Waals surface area contributed by atoms with E-state index in [2.05, 4.69) is 210 Å². The van der Waals surface area contributed by atoms with E-state index in [1.165, 1.54) is 60.8 Å². The number of fused-ring (bicyclic) bond motifs is 3. The van der Waals surface area contributed by atoms with Crippen molar-refractivity contribution in [2.45, 2.75) is 0 Å². The third-order valence-corrected chi connectivity index (χ3v) is 9.55. The fraction of sp³-hybridized carbons (Fsp3) is 0. The third kappa shape index (κ3) is 5.53. The van der Waals surface area contributed by atoms with Crippen molar-refractivity contribution in [2.24, 2.45) is 0 Å². The fourth-order valence-corrected chi connectivity index (χ4v) is 7.14. The Balaban J connectivity index is 1.18. The van der Waals surface area contributed by atoms with Crippen LogP contribution in [0.15, 0.2) is 200 Å². The first-order valence-electron chi connectivity index (χ1n) is 17.1. The maximum absolute atomic E-state index is 3.84. The summed E-state index contributed by atoms with van der Waals surface area (Å²) in [6.45, 7) is 0. The van der Waals surface area contributed by atoms with Gasteiger partial charge in [-0.25, -0.2) is 0 Å². The number of benzene rings is 8. The average molecular weight is 639 g/mol. The van der Waals surface area contributed by atoms with Crippen LogP contribution in [-0.2, 0) is 0 Å². The predicted molar refractivity (Wildman–Crippen MR) is 212 cm³/mol. The molecule has 9 aromatic rings. The summed E-state index contributed by atoms with van der Waals surface area (Å²) in [4.78, 5) is 0. The van der Waals surface area contributed by atoms with Crippen LogP contribution >= 0.6 is 0 Å². The molecule has 0 aliphatic rings. The van der Waals surface area contributed by atoms with Gasteiger partial charge in [-0.05, 0) is 93.5 Å². The highest BCUT2D eigenvalue weighted by atomic mass is 15.0. The second-order valence-electron chi connectivity index (χ2n) is 12.7. The molecular weight excluding hydrogens is 605 g/mol. The van der Waals surface area contributed by atoms with Gasteiger partial charge in [0.2, 0.25) is 0 Å². The van der Waals surface area contributed by atoms with E-state index in [0.29, 0.717) is 0 Å². The number of nitrogens with one attached hydrogen (secondary N) is 1. The van der Waals surface area contributed by atoms with Crippen molar-refractivity contribution >= 4 is 33.2 Å². The van der Waals surface area contributed by atoms with Crippen LogP contribution in [-0.4, -0.2) is 4.57 Å². The molecule has 0 fully saturated rings. The van der Waals surface area contributed by atoms with Crippen LogP contribution in [0.2, 0.25) is 0 Å². The third-order valence-electron chi connectivity index (χ3n) is 9.55. The number of para-hydroxylation sites is 2. The lowest BCUT2D eigenvalue weighted by Crippen LogP contribution is -1.96. The molecular formula is C48H34N2. The molecule has 0 amide bonds. The largest absolute Gasteiger partial charge is 0.355 e. The molecule has 1 N–H and O–H groups in total. The summed E-state index contributed by atoms with van der Waals surface area (Å²) >= 11 is 0. The minimum absolute atomic E-state index is 1.05. The van der Waals surface area contributed by atoms with E-state index in [9.17, 15) is 0 Å². The number of rotatable bonds is 7. The van der Waals surface area contributed by atoms with Gasteiger partial charge in [-0.15, -0.1) is 0 Å². The first-order chi connectivity index (χ1) is 24.8. The molecule has 236 valence electrons. The number of anilines is 2. The highest BCUT2D eigenvalue weighted by Crippen LogP contribution is 2.39. The zero-order valence-electron chi connectivity index (χ0n) is 27.5. The second-order valence-corrected chi connectivity index (χ2v) is 12.7. The van der Waals surface area contributed by atoms with Gasteiger partial charge in [-0.3, -0.25) is 0 Å². The Kier molecular flexibility index (Phi) is 7.53. The summed E-state index contributed by atoms with van der Waals surface area (Å²) in [7, 11) is 0. The number of aromatic nitrogens is 1. The van der Waals surface area contributed by atoms with E-state index in [1.54, 1.807) is 0 Å². The fourth-order valence-electron chi connectivity index (χ4n) is 7.14. The lowest BCUT2D eigenvalue weighted by molar-refractivity contribution is 1.18. The Hall–Kier alpha value is -6.64. The van der Waals surface area contributed by atoms with Crippen molar-refractivity contribution in [1.29, 1.82) is 0 Å². The van der Waals surface area contributed by atoms with Gasteiger partial charge in [0.15, 0.2) is 0 Å². The lowest BCUT2D eigenvalue weighted by Gasteiger charge is -2.17. The van der Waals surface area contributed by atoms with Crippen molar-refractivity contribution in [2.75, 3.05) is 5.32 Å². The summed E-state index contributed by atoms with van der Waals surface area (Å²) in [5.74, 6) is 0. The van der Waals surface area contributed by atoms with E-state index >= 15 is 0 Å². The van der Waals surface area contributed by atoms with Crippen molar-refractivity contribution in [3.8, 4) is 50.2 Å². The molecule has 2 heteroatoms. The quantitative estimate of drug-likeness (QED) is 0.184. The minimum Gasteiger partial charge on any atom is -0.355 e. The minimum atomic E-state index is 1.05. The van der Waals surface area contributed by atoms with E-state index in [-0.39, 0.29) is 0 Å². The molecule has 1 heterocycles. The highest BCUT2D eigenvalue weighted by molar-refractivity contribution is 6.10. The number of hydrogen-bond donors (Lipinski definition) is 1. The van der Waals surface area contributed by atoms with Crippen LogP contribution in [0.4, 0.5) is 11.4 Å². The molecule has 0 saturated carbocycles. The zero-order valence-corrected chi connectivity index (χ0v) is 27.5. The Morgan fingerprint density at radius 1 is 0.320 bits per heavy atom. The second kappa shape index (κ2) is 12.8. The molecule has 0 radical (unpaired) electrons. The van der Waals surface area contributed by atoms with Gasteiger partial charge < -0.3 is 9.88 Å². The highest BCUT2D eigenvalue weighted by Gasteiger charge is 2.15. The molecule has 0 aliphatic heterocycles. The summed E-state index contributed by atoms with van der Waals surface area (Å²) < 4.78 is 2.38. The van der Waals surface area contributed by atoms with Crippen LogP contribution in [0, 0.1) is 0 Å². The summed E-state index contributed by atoms with van der Waals surface area (Å²) in [6, 6.07) is 71.7. The van der Waals surface area contributed by atoms with Gasteiger partial charge in [0.1, 0.15) is 0 Å². The predicted octanol–water partition coefficient (Wildman–Crippen LogP) is 13.2. The standard InChI is InChI=1S/C48H34N2/c1-5-15-34(16-6-1)39-29-40(35-17-7-2-8-18-35)31-41(30-39)49-46-28-26-37(32-45(46)36-19-9-3-10-20-36)38-25-27-44-43-23-13-14-24-47(43)50(48(44)33-38)42-21-11-4-12-22-42/h1-33,49H. The molecule has 0 bridgehead atoms. The SMILES string of the molecule is c1ccc(-c2cc(Nc3ccc(-c4ccc5c6ccccc6n(-c6ccccc6)c5c4)cc3-c3ccccc3)cc(-c3ccccc3)c2)cc1. The molecule has 8 aromatic carbocycles. The van der Waals surface area contributed by atoms with E-state index in [0.717, 1.165) is 22.6 Å². The molecule has 0 unspecified atom stereocenters. The maximum atomic E-state index is 3.84. The first-order valence-corrected chi connectivity index (χ1v) is 17.1. The topological polar surface area (TPSA) is 17.0 Å². The van der Waals surface area contributed by atoms with Gasteiger partial charge in [0.05, 0.1) is 11.0 Å². The van der Waals surface area contributed by atoms with Crippen LogP contribution in [0.5, 0.6) is 0 Å². The Bertz CT molecular complexity index is 2530. The van der Waals surface area contributed by atoms with Crippen molar-refractivity contribution in [3.05, 3.63) is 200 Å². The van der Waals surface area contributed by atoms with Crippen LogP contribution in [0.3, 0.4) is 0 Å². The van der Waals surface area contributed by atoms with Crippen LogP contribution < -0.4 is 5.32 Å². The monoisotopic (exact) mass is 638 g/mol. The number of nitrogens with zero attached hydrogens (tertiary/aromatic N) is 1. The summed E-state index contributed by atoms with van der Waals surface area (Å²) in [5.41, 5.74) is 15.1. The smallest absolute Gasteiger partial charge is 0.0547 e. The van der Waals surface area contributed by atoms with Crippen molar-refractivity contribution in [1.82, 2.24) is 4.57 Å². The maximum Gasteiger partial charge on any atom is 0.0547 e. The number of hydrogen-bond acceptors (Lipinski definition) is 1. The van der Waals surface area contributed by atoms with Gasteiger partial charge in [0, 0.05) is 33.4 Å². The Morgan fingerprint density at radius 3 is 1.50 bits per heavy atom. The molecule has 0 spiro atoms. The molecule has 0 saturated heterocycles. The van der Waals surface area contributed by atoms with Crippen molar-refractivity contribution < 1.29 is 0 Å². The van der Waals surface area contributed by atoms with Gasteiger partial charge in [-0.1, -0.05) is 146 Å². The molecule has 9 rings (SSSR count). The van der Waals surface area contributed by atoms with Gasteiger partial charge >= 0.3 is 0 Å².